The number of hydrogen-bond donors (Lipinski definition) is 1. The summed E-state index contributed by atoms with van der Waals surface area (Å²) in [7, 11) is -4.25. The zero-order chi connectivity index (χ0) is 33.8. The number of carbonyl (C=O) groups is 3. The molecule has 0 radical (unpaired) electrons. The van der Waals surface area contributed by atoms with Gasteiger partial charge >= 0.3 is 28.8 Å². The van der Waals surface area contributed by atoms with Crippen molar-refractivity contribution in [1.82, 2.24) is 5.16 Å². The smallest absolute Gasteiger partial charge is 0.414 e. The molecule has 1 aromatic heterocycles. The molecule has 2 heterocycles. The van der Waals surface area contributed by atoms with E-state index in [1.54, 1.807) is 6.07 Å². The molecule has 0 spiro atoms. The van der Waals surface area contributed by atoms with Crippen molar-refractivity contribution >= 4 is 27.7 Å². The molecule has 0 unspecified atom stereocenters. The predicted octanol–water partition coefficient (Wildman–Crippen LogP) is 3.15. The summed E-state index contributed by atoms with van der Waals surface area (Å²) in [6.07, 6.45) is 8.87. The van der Waals surface area contributed by atoms with E-state index in [0.717, 1.165) is 19.3 Å². The third-order valence-electron chi connectivity index (χ3n) is 7.84. The lowest BCUT2D eigenvalue weighted by Gasteiger charge is -2.25. The SMILES string of the molecule is C[C@H]1CCC/C=C/[C@@H]2C[C@H](O)C[C@H]2[C@H](OC(=O)CCCC(=O)OCCCOc2no[n+]([O-])c2S(=O)(=O)c2ccccc2)/C=C/C(=O)O1. The number of aliphatic hydroxyl groups excluding tert-OH is 1. The molecule has 0 amide bonds. The molecule has 1 aliphatic heterocycles. The van der Waals surface area contributed by atoms with Gasteiger partial charge in [0.2, 0.25) is 0 Å². The highest BCUT2D eigenvalue weighted by Gasteiger charge is 2.38. The van der Waals surface area contributed by atoms with E-state index in [0.29, 0.717) is 12.8 Å². The van der Waals surface area contributed by atoms with Crippen molar-refractivity contribution in [3.63, 3.8) is 0 Å². The molecule has 1 aliphatic carbocycles. The summed E-state index contributed by atoms with van der Waals surface area (Å²) in [5.74, 6) is -2.40. The van der Waals surface area contributed by atoms with Crippen LogP contribution in [0.4, 0.5) is 0 Å². The number of carbonyl (C=O) groups excluding carboxylic acids is 3. The van der Waals surface area contributed by atoms with Gasteiger partial charge in [-0.2, -0.15) is 0 Å². The third kappa shape index (κ3) is 10.4. The van der Waals surface area contributed by atoms with Gasteiger partial charge in [0.05, 0.1) is 35.5 Å². The summed E-state index contributed by atoms with van der Waals surface area (Å²) in [6, 6.07) is 7.26. The van der Waals surface area contributed by atoms with Crippen LogP contribution in [0, 0.1) is 17.0 Å². The van der Waals surface area contributed by atoms with Crippen LogP contribution in [0.5, 0.6) is 5.88 Å². The van der Waals surface area contributed by atoms with Crippen LogP contribution in [0.25, 0.3) is 0 Å². The first kappa shape index (κ1) is 35.6. The first-order chi connectivity index (χ1) is 22.5. The molecule has 47 heavy (non-hydrogen) atoms. The second kappa shape index (κ2) is 17.1. The van der Waals surface area contributed by atoms with Crippen LogP contribution in [-0.4, -0.2) is 68.1 Å². The van der Waals surface area contributed by atoms with Crippen LogP contribution < -0.4 is 9.64 Å². The van der Waals surface area contributed by atoms with Gasteiger partial charge in [-0.3, -0.25) is 14.2 Å². The minimum atomic E-state index is -4.25. The minimum absolute atomic E-state index is 0.0224. The molecule has 0 bridgehead atoms. The fourth-order valence-corrected chi connectivity index (χ4v) is 6.82. The van der Waals surface area contributed by atoms with Crippen LogP contribution in [-0.2, 0) is 38.4 Å². The van der Waals surface area contributed by atoms with Gasteiger partial charge in [-0.1, -0.05) is 30.4 Å². The van der Waals surface area contributed by atoms with E-state index in [4.69, 9.17) is 18.9 Å². The standard InChI is InChI=1S/C32H40N2O12S/c1-22-10-4-2-5-11-23-20-24(35)21-26(23)27(16-17-30(38)44-22)45-29(37)15-8-14-28(36)42-18-9-19-43-31-32(34(39)46-33-31)47(40,41)25-12-6-3-7-13-25/h3,5-7,11-13,16-17,22-24,26-27,35H,2,4,8-10,14-15,18-21H2,1H3/b11-5+,17-16+/t22-,23+,24-,26+,27+/m0/s1. The third-order valence-corrected chi connectivity index (χ3v) is 9.56. The Morgan fingerprint density at radius 1 is 1.09 bits per heavy atom. The first-order valence-electron chi connectivity index (χ1n) is 15.7. The number of cyclic esters (lactones) is 1. The van der Waals surface area contributed by atoms with Crippen molar-refractivity contribution in [3.8, 4) is 5.88 Å². The van der Waals surface area contributed by atoms with E-state index < -0.39 is 50.9 Å². The maximum atomic E-state index is 12.8. The van der Waals surface area contributed by atoms with Gasteiger partial charge in [0.1, 0.15) is 6.10 Å². The highest BCUT2D eigenvalue weighted by Crippen LogP contribution is 2.37. The number of aliphatic hydroxyl groups is 1. The monoisotopic (exact) mass is 676 g/mol. The lowest BCUT2D eigenvalue weighted by molar-refractivity contribution is -0.832. The van der Waals surface area contributed by atoms with Gasteiger partial charge in [-0.15, -0.1) is 0 Å². The molecule has 1 fully saturated rings. The van der Waals surface area contributed by atoms with E-state index >= 15 is 0 Å². The van der Waals surface area contributed by atoms with Crippen molar-refractivity contribution in [3.05, 3.63) is 59.8 Å². The number of nitrogens with zero attached hydrogens (tertiary/aromatic N) is 2. The predicted molar refractivity (Wildman–Crippen MR) is 162 cm³/mol. The average molecular weight is 677 g/mol. The number of hydrogen-bond acceptors (Lipinski definition) is 13. The van der Waals surface area contributed by atoms with Crippen molar-refractivity contribution in [2.75, 3.05) is 13.2 Å². The Morgan fingerprint density at radius 3 is 2.64 bits per heavy atom. The number of fused-ring (bicyclic) bond motifs is 1. The van der Waals surface area contributed by atoms with Crippen LogP contribution in [0.3, 0.4) is 0 Å². The number of ether oxygens (including phenoxy) is 4. The molecule has 15 heteroatoms. The van der Waals surface area contributed by atoms with Gasteiger partial charge in [-0.25, -0.2) is 13.2 Å². The molecule has 14 nitrogen and oxygen atoms in total. The summed E-state index contributed by atoms with van der Waals surface area (Å²) >= 11 is 0. The van der Waals surface area contributed by atoms with Gasteiger partial charge < -0.3 is 29.3 Å². The molecule has 2 aliphatic rings. The van der Waals surface area contributed by atoms with Crippen LogP contribution in [0.2, 0.25) is 0 Å². The molecule has 0 saturated heterocycles. The summed E-state index contributed by atoms with van der Waals surface area (Å²) in [5, 5.41) is 24.9. The molecule has 1 aromatic carbocycles. The maximum Gasteiger partial charge on any atom is 0.414 e. The topological polar surface area (TPSA) is 195 Å². The van der Waals surface area contributed by atoms with E-state index in [9.17, 15) is 33.1 Å². The number of esters is 3. The van der Waals surface area contributed by atoms with E-state index in [2.05, 4.69) is 21.9 Å². The maximum absolute atomic E-state index is 12.8. The molecule has 4 rings (SSSR count). The Balaban J connectivity index is 1.21. The average Bonchev–Trinajstić information content (AvgIpc) is 3.60. The zero-order valence-electron chi connectivity index (χ0n) is 26.1. The normalized spacial score (nSPS) is 24.8. The van der Waals surface area contributed by atoms with Crippen molar-refractivity contribution in [1.29, 1.82) is 0 Å². The highest BCUT2D eigenvalue weighted by molar-refractivity contribution is 7.91. The Bertz CT molecular complexity index is 1520. The van der Waals surface area contributed by atoms with Crippen LogP contribution in [0.1, 0.15) is 64.7 Å². The van der Waals surface area contributed by atoms with Crippen molar-refractivity contribution < 1.29 is 56.4 Å². The Morgan fingerprint density at radius 2 is 1.85 bits per heavy atom. The summed E-state index contributed by atoms with van der Waals surface area (Å²) in [4.78, 5) is 36.9. The van der Waals surface area contributed by atoms with Crippen LogP contribution >= 0.6 is 0 Å². The van der Waals surface area contributed by atoms with E-state index in [1.807, 2.05) is 6.92 Å². The van der Waals surface area contributed by atoms with E-state index in [-0.39, 0.29) is 66.6 Å². The number of sulfone groups is 1. The van der Waals surface area contributed by atoms with Gasteiger partial charge in [0.15, 0.2) is 0 Å². The number of benzene rings is 1. The number of rotatable bonds is 12. The molecule has 256 valence electrons. The Kier molecular flexibility index (Phi) is 12.9. The highest BCUT2D eigenvalue weighted by atomic mass is 32.2. The lowest BCUT2D eigenvalue weighted by atomic mass is 9.89. The van der Waals surface area contributed by atoms with Gasteiger partial charge in [0, 0.05) is 31.3 Å². The van der Waals surface area contributed by atoms with Gasteiger partial charge in [-0.05, 0) is 74.5 Å². The first-order valence-corrected chi connectivity index (χ1v) is 17.1. The summed E-state index contributed by atoms with van der Waals surface area (Å²) in [6.45, 7) is 1.63. The van der Waals surface area contributed by atoms with E-state index in [1.165, 1.54) is 36.4 Å². The largest absolute Gasteiger partial charge is 0.466 e. The Labute approximate surface area is 272 Å². The molecular formula is C32H40N2O12S. The number of aromatic nitrogens is 2. The van der Waals surface area contributed by atoms with Crippen molar-refractivity contribution in [2.45, 2.75) is 92.9 Å². The fraction of sp³-hybridized carbons (Fsp3) is 0.531. The van der Waals surface area contributed by atoms with Crippen molar-refractivity contribution in [2.24, 2.45) is 11.8 Å². The molecular weight excluding hydrogens is 636 g/mol. The zero-order valence-corrected chi connectivity index (χ0v) is 26.9. The fourth-order valence-electron chi connectivity index (χ4n) is 5.52. The second-order valence-electron chi connectivity index (χ2n) is 11.5. The molecule has 2 aromatic rings. The summed E-state index contributed by atoms with van der Waals surface area (Å²) < 4.78 is 51.7. The second-order valence-corrected chi connectivity index (χ2v) is 13.4. The molecule has 1 N–H and O–H groups in total. The molecule has 5 atom stereocenters. The Hall–Kier alpha value is -4.24. The number of allylic oxidation sites excluding steroid dienone is 2. The lowest BCUT2D eigenvalue weighted by Crippen LogP contribution is -2.31. The summed E-state index contributed by atoms with van der Waals surface area (Å²) in [5.41, 5.74) is 0. The molecule has 1 saturated carbocycles. The minimum Gasteiger partial charge on any atom is -0.466 e. The van der Waals surface area contributed by atoms with Gasteiger partial charge in [0.25, 0.3) is 9.84 Å². The quantitative estimate of drug-likeness (QED) is 0.113. The van der Waals surface area contributed by atoms with Crippen LogP contribution in [0.15, 0.2) is 69.2 Å².